The van der Waals surface area contributed by atoms with Crippen molar-refractivity contribution in [2.75, 3.05) is 13.1 Å². The van der Waals surface area contributed by atoms with Gasteiger partial charge in [0, 0.05) is 18.6 Å². The summed E-state index contributed by atoms with van der Waals surface area (Å²) < 4.78 is 0. The van der Waals surface area contributed by atoms with Crippen LogP contribution in [0.15, 0.2) is 0 Å². The molecule has 2 amide bonds. The van der Waals surface area contributed by atoms with E-state index in [4.69, 9.17) is 5.11 Å². The zero-order valence-corrected chi connectivity index (χ0v) is 10.5. The number of urea groups is 1. The van der Waals surface area contributed by atoms with Gasteiger partial charge in [-0.2, -0.15) is 0 Å². The van der Waals surface area contributed by atoms with Gasteiger partial charge in [-0.3, -0.25) is 4.79 Å². The number of hydrogen-bond acceptors (Lipinski definition) is 2. The number of nitrogens with one attached hydrogen (secondary N) is 1. The Labute approximate surface area is 101 Å². The summed E-state index contributed by atoms with van der Waals surface area (Å²) >= 11 is 0. The first-order valence-electron chi connectivity index (χ1n) is 6.15. The van der Waals surface area contributed by atoms with Gasteiger partial charge in [0.25, 0.3) is 0 Å². The van der Waals surface area contributed by atoms with Gasteiger partial charge in [-0.25, -0.2) is 4.79 Å². The number of carbonyl (C=O) groups is 2. The third-order valence-electron chi connectivity index (χ3n) is 4.14. The van der Waals surface area contributed by atoms with Crippen molar-refractivity contribution >= 4 is 12.0 Å². The number of rotatable bonds is 2. The van der Waals surface area contributed by atoms with E-state index in [1.807, 2.05) is 6.92 Å². The average Bonchev–Trinajstić information content (AvgIpc) is 2.60. The van der Waals surface area contributed by atoms with Gasteiger partial charge in [0.05, 0.1) is 5.41 Å². The number of amides is 2. The molecule has 0 bridgehead atoms. The molecule has 96 valence electrons. The average molecular weight is 240 g/mol. The van der Waals surface area contributed by atoms with E-state index in [0.29, 0.717) is 19.5 Å². The van der Waals surface area contributed by atoms with Crippen LogP contribution in [0.4, 0.5) is 4.79 Å². The maximum atomic E-state index is 12.0. The van der Waals surface area contributed by atoms with E-state index >= 15 is 0 Å². The molecule has 17 heavy (non-hydrogen) atoms. The molecular formula is C12H20N2O3. The van der Waals surface area contributed by atoms with Crippen molar-refractivity contribution in [2.24, 2.45) is 5.41 Å². The molecule has 2 N–H and O–H groups in total. The predicted molar refractivity (Wildman–Crippen MR) is 62.7 cm³/mol. The molecule has 0 spiro atoms. The minimum Gasteiger partial charge on any atom is -0.481 e. The molecule has 1 atom stereocenters. The van der Waals surface area contributed by atoms with Gasteiger partial charge in [-0.05, 0) is 39.5 Å². The number of carboxylic acid groups (broad SMARTS) is 1. The minimum absolute atomic E-state index is 0.0701. The first-order valence-corrected chi connectivity index (χ1v) is 6.15. The highest BCUT2D eigenvalue weighted by Gasteiger charge is 2.43. The fraction of sp³-hybridized carbons (Fsp3) is 0.833. The molecular weight excluding hydrogens is 220 g/mol. The van der Waals surface area contributed by atoms with Crippen LogP contribution in [0.25, 0.3) is 0 Å². The van der Waals surface area contributed by atoms with Crippen LogP contribution in [0.3, 0.4) is 0 Å². The summed E-state index contributed by atoms with van der Waals surface area (Å²) in [5.74, 6) is -0.817. The normalized spacial score (nSPS) is 30.8. The van der Waals surface area contributed by atoms with Gasteiger partial charge in [0.1, 0.15) is 0 Å². The zero-order valence-electron chi connectivity index (χ0n) is 10.5. The molecule has 1 saturated heterocycles. The van der Waals surface area contributed by atoms with Gasteiger partial charge in [0.15, 0.2) is 0 Å². The zero-order chi connectivity index (χ0) is 12.7. The molecule has 5 heteroatoms. The van der Waals surface area contributed by atoms with Crippen molar-refractivity contribution in [1.82, 2.24) is 10.2 Å². The molecule has 1 aliphatic carbocycles. The molecule has 5 nitrogen and oxygen atoms in total. The van der Waals surface area contributed by atoms with Crippen molar-refractivity contribution in [1.29, 1.82) is 0 Å². The smallest absolute Gasteiger partial charge is 0.317 e. The highest BCUT2D eigenvalue weighted by molar-refractivity contribution is 5.79. The first kappa shape index (κ1) is 12.2. The molecule has 0 aromatic rings. The van der Waals surface area contributed by atoms with Gasteiger partial charge >= 0.3 is 12.0 Å². The van der Waals surface area contributed by atoms with Crippen LogP contribution in [-0.2, 0) is 4.79 Å². The maximum Gasteiger partial charge on any atom is 0.317 e. The van der Waals surface area contributed by atoms with Crippen LogP contribution in [0.5, 0.6) is 0 Å². The first-order chi connectivity index (χ1) is 7.85. The van der Waals surface area contributed by atoms with E-state index < -0.39 is 11.4 Å². The van der Waals surface area contributed by atoms with Crippen LogP contribution >= 0.6 is 0 Å². The molecule has 2 rings (SSSR count). The molecule has 2 fully saturated rings. The van der Waals surface area contributed by atoms with E-state index in [1.54, 1.807) is 11.8 Å². The number of likely N-dealkylation sites (tertiary alicyclic amines) is 1. The summed E-state index contributed by atoms with van der Waals surface area (Å²) in [6, 6.07) is -0.114. The van der Waals surface area contributed by atoms with E-state index in [0.717, 1.165) is 19.3 Å². The van der Waals surface area contributed by atoms with Crippen molar-refractivity contribution in [2.45, 2.75) is 45.1 Å². The molecule has 1 heterocycles. The van der Waals surface area contributed by atoms with E-state index in [9.17, 15) is 9.59 Å². The lowest BCUT2D eigenvalue weighted by molar-refractivity contribution is -0.146. The number of nitrogens with zero attached hydrogens (tertiary/aromatic N) is 1. The fourth-order valence-electron chi connectivity index (χ4n) is 2.48. The number of carboxylic acids is 1. The van der Waals surface area contributed by atoms with Crippen LogP contribution in [0.2, 0.25) is 0 Å². The number of carbonyl (C=O) groups excluding carboxylic acids is 1. The predicted octanol–water partition coefficient (Wildman–Crippen LogP) is 1.44. The second kappa shape index (κ2) is 3.89. The monoisotopic (exact) mass is 240 g/mol. The van der Waals surface area contributed by atoms with Gasteiger partial charge < -0.3 is 15.3 Å². The number of aliphatic carboxylic acids is 1. The van der Waals surface area contributed by atoms with Crippen molar-refractivity contribution in [3.8, 4) is 0 Å². The number of hydrogen-bond donors (Lipinski definition) is 2. The quantitative estimate of drug-likeness (QED) is 0.767. The lowest BCUT2D eigenvalue weighted by Gasteiger charge is -2.40. The Morgan fingerprint density at radius 3 is 2.29 bits per heavy atom. The third kappa shape index (κ3) is 2.23. The van der Waals surface area contributed by atoms with Crippen LogP contribution in [-0.4, -0.2) is 40.6 Å². The van der Waals surface area contributed by atoms with E-state index in [1.165, 1.54) is 0 Å². The largest absolute Gasteiger partial charge is 0.481 e. The Bertz CT molecular complexity index is 352. The molecule has 2 aliphatic rings. The third-order valence-corrected chi connectivity index (χ3v) is 4.14. The SMILES string of the molecule is CC1(NC(=O)N2CCC(C)(C(=O)O)C2)CCC1. The van der Waals surface area contributed by atoms with Crippen molar-refractivity contribution < 1.29 is 14.7 Å². The molecule has 0 radical (unpaired) electrons. The van der Waals surface area contributed by atoms with Gasteiger partial charge in [0.2, 0.25) is 0 Å². The minimum atomic E-state index is -0.817. The maximum absolute atomic E-state index is 12.0. The van der Waals surface area contributed by atoms with Gasteiger partial charge in [-0.1, -0.05) is 0 Å². The summed E-state index contributed by atoms with van der Waals surface area (Å²) in [5.41, 5.74) is -0.850. The highest BCUT2D eigenvalue weighted by Crippen LogP contribution is 2.33. The fourth-order valence-corrected chi connectivity index (χ4v) is 2.48. The Hall–Kier alpha value is -1.26. The standard InChI is InChI=1S/C12H20N2O3/c1-11(9(15)16)6-7-14(8-11)10(17)13-12(2)4-3-5-12/h3-8H2,1-2H3,(H,13,17)(H,15,16). The summed E-state index contributed by atoms with van der Waals surface area (Å²) in [5, 5.41) is 12.1. The van der Waals surface area contributed by atoms with Crippen molar-refractivity contribution in [3.05, 3.63) is 0 Å². The Kier molecular flexibility index (Phi) is 2.79. The van der Waals surface area contributed by atoms with E-state index in [-0.39, 0.29) is 11.6 Å². The molecule has 1 saturated carbocycles. The molecule has 0 aromatic heterocycles. The van der Waals surface area contributed by atoms with Crippen LogP contribution < -0.4 is 5.32 Å². The summed E-state index contributed by atoms with van der Waals surface area (Å²) in [6.45, 7) is 4.59. The molecule has 1 unspecified atom stereocenters. The van der Waals surface area contributed by atoms with E-state index in [2.05, 4.69) is 5.32 Å². The summed E-state index contributed by atoms with van der Waals surface area (Å²) in [6.07, 6.45) is 3.72. The molecule has 1 aliphatic heterocycles. The Morgan fingerprint density at radius 2 is 1.88 bits per heavy atom. The molecule has 0 aromatic carbocycles. The highest BCUT2D eigenvalue weighted by atomic mass is 16.4. The second-order valence-corrected chi connectivity index (χ2v) is 5.88. The summed E-state index contributed by atoms with van der Waals surface area (Å²) in [7, 11) is 0. The lowest BCUT2D eigenvalue weighted by Crippen LogP contribution is -2.55. The Morgan fingerprint density at radius 1 is 1.24 bits per heavy atom. The van der Waals surface area contributed by atoms with Crippen molar-refractivity contribution in [3.63, 3.8) is 0 Å². The lowest BCUT2D eigenvalue weighted by atomic mass is 9.79. The summed E-state index contributed by atoms with van der Waals surface area (Å²) in [4.78, 5) is 24.7. The van der Waals surface area contributed by atoms with Crippen LogP contribution in [0.1, 0.15) is 39.5 Å². The second-order valence-electron chi connectivity index (χ2n) is 5.88. The van der Waals surface area contributed by atoms with Gasteiger partial charge in [-0.15, -0.1) is 0 Å². The van der Waals surface area contributed by atoms with Crippen LogP contribution in [0, 0.1) is 5.41 Å². The topological polar surface area (TPSA) is 69.6 Å². The Balaban J connectivity index is 1.92.